The van der Waals surface area contributed by atoms with Crippen molar-refractivity contribution in [3.05, 3.63) is 59.5 Å². The van der Waals surface area contributed by atoms with E-state index in [-0.39, 0.29) is 0 Å². The van der Waals surface area contributed by atoms with Crippen molar-refractivity contribution in [1.29, 1.82) is 0 Å². The van der Waals surface area contributed by atoms with Crippen LogP contribution in [0.1, 0.15) is 36.2 Å². The van der Waals surface area contributed by atoms with E-state index in [0.717, 1.165) is 35.5 Å². The topological polar surface area (TPSA) is 43.6 Å². The van der Waals surface area contributed by atoms with Crippen LogP contribution in [0.2, 0.25) is 0 Å². The van der Waals surface area contributed by atoms with Crippen molar-refractivity contribution in [2.75, 3.05) is 0 Å². The predicted octanol–water partition coefficient (Wildman–Crippen LogP) is 3.91. The third-order valence-electron chi connectivity index (χ3n) is 4.61. The monoisotopic (exact) mass is 304 g/mol. The van der Waals surface area contributed by atoms with Gasteiger partial charge in [-0.2, -0.15) is 15.3 Å². The molecule has 0 saturated carbocycles. The van der Waals surface area contributed by atoms with Crippen molar-refractivity contribution in [2.45, 2.75) is 39.0 Å². The molecule has 1 aromatic carbocycles. The largest absolute Gasteiger partial charge is 0.237 e. The SMILES string of the molecule is Cc1c(-c2cc3c(nn2)CCCCC3)cnn1-c1ccccc1. The average molecular weight is 304 g/mol. The smallest absolute Gasteiger partial charge is 0.0967 e. The van der Waals surface area contributed by atoms with Crippen molar-refractivity contribution in [2.24, 2.45) is 0 Å². The summed E-state index contributed by atoms with van der Waals surface area (Å²) in [6, 6.07) is 12.4. The molecule has 0 N–H and O–H groups in total. The Morgan fingerprint density at radius 2 is 1.78 bits per heavy atom. The van der Waals surface area contributed by atoms with Gasteiger partial charge >= 0.3 is 0 Å². The van der Waals surface area contributed by atoms with E-state index in [2.05, 4.69) is 40.4 Å². The standard InChI is InChI=1S/C19H20N4/c1-14-17(13-20-23(14)16-9-5-3-6-10-16)19-12-15-8-4-2-7-11-18(15)21-22-19/h3,5-6,9-10,12-13H,2,4,7-8,11H2,1H3. The summed E-state index contributed by atoms with van der Waals surface area (Å²) in [6.45, 7) is 2.09. The third-order valence-corrected chi connectivity index (χ3v) is 4.61. The van der Waals surface area contributed by atoms with Crippen molar-refractivity contribution in [3.63, 3.8) is 0 Å². The van der Waals surface area contributed by atoms with Crippen molar-refractivity contribution in [1.82, 2.24) is 20.0 Å². The molecule has 23 heavy (non-hydrogen) atoms. The van der Waals surface area contributed by atoms with Crippen LogP contribution in [-0.4, -0.2) is 20.0 Å². The van der Waals surface area contributed by atoms with Crippen molar-refractivity contribution < 1.29 is 0 Å². The van der Waals surface area contributed by atoms with Gasteiger partial charge in [0.15, 0.2) is 0 Å². The fourth-order valence-electron chi connectivity index (χ4n) is 3.29. The van der Waals surface area contributed by atoms with Gasteiger partial charge in [-0.05, 0) is 56.4 Å². The Morgan fingerprint density at radius 3 is 2.65 bits per heavy atom. The Kier molecular flexibility index (Phi) is 3.66. The summed E-state index contributed by atoms with van der Waals surface area (Å²) in [7, 11) is 0. The average Bonchev–Trinajstić information content (AvgIpc) is 2.82. The van der Waals surface area contributed by atoms with E-state index in [4.69, 9.17) is 0 Å². The number of nitrogens with zero attached hydrogens (tertiary/aromatic N) is 4. The molecule has 4 heteroatoms. The number of benzene rings is 1. The number of hydrogen-bond donors (Lipinski definition) is 0. The van der Waals surface area contributed by atoms with Crippen molar-refractivity contribution >= 4 is 0 Å². The minimum Gasteiger partial charge on any atom is -0.237 e. The Morgan fingerprint density at radius 1 is 0.957 bits per heavy atom. The van der Waals surface area contributed by atoms with Crippen LogP contribution in [0.5, 0.6) is 0 Å². The van der Waals surface area contributed by atoms with E-state index in [1.165, 1.54) is 30.5 Å². The molecule has 4 nitrogen and oxygen atoms in total. The van der Waals surface area contributed by atoms with Gasteiger partial charge in [-0.3, -0.25) is 0 Å². The van der Waals surface area contributed by atoms with Gasteiger partial charge in [0.25, 0.3) is 0 Å². The summed E-state index contributed by atoms with van der Waals surface area (Å²) < 4.78 is 1.96. The number of rotatable bonds is 2. The highest BCUT2D eigenvalue weighted by Crippen LogP contribution is 2.26. The molecule has 3 aromatic rings. The second kappa shape index (κ2) is 5.95. The number of aromatic nitrogens is 4. The molecule has 0 spiro atoms. The highest BCUT2D eigenvalue weighted by atomic mass is 15.3. The predicted molar refractivity (Wildman–Crippen MR) is 90.6 cm³/mol. The minimum atomic E-state index is 0.935. The molecule has 0 amide bonds. The molecule has 1 aliphatic rings. The van der Waals surface area contributed by atoms with Gasteiger partial charge in [0.05, 0.1) is 29.0 Å². The summed E-state index contributed by atoms with van der Waals surface area (Å²) in [5, 5.41) is 13.5. The van der Waals surface area contributed by atoms with Crippen LogP contribution in [0.4, 0.5) is 0 Å². The number of aryl methyl sites for hydroxylation is 2. The zero-order valence-electron chi connectivity index (χ0n) is 13.4. The van der Waals surface area contributed by atoms with Crippen LogP contribution < -0.4 is 0 Å². The molecule has 2 aromatic heterocycles. The first-order valence-electron chi connectivity index (χ1n) is 8.29. The Labute approximate surface area is 136 Å². The first kappa shape index (κ1) is 14.1. The van der Waals surface area contributed by atoms with Crippen LogP contribution >= 0.6 is 0 Å². The lowest BCUT2D eigenvalue weighted by Crippen LogP contribution is -2.01. The molecule has 0 fully saturated rings. The van der Waals surface area contributed by atoms with Crippen LogP contribution in [0.3, 0.4) is 0 Å². The maximum absolute atomic E-state index is 4.54. The Hall–Kier alpha value is -2.49. The second-order valence-electron chi connectivity index (χ2n) is 6.15. The molecule has 2 heterocycles. The summed E-state index contributed by atoms with van der Waals surface area (Å²) in [5.41, 5.74) is 6.70. The highest BCUT2D eigenvalue weighted by Gasteiger charge is 2.15. The lowest BCUT2D eigenvalue weighted by molar-refractivity contribution is 0.706. The first-order chi connectivity index (χ1) is 11.3. The summed E-state index contributed by atoms with van der Waals surface area (Å²) in [6.07, 6.45) is 7.84. The van der Waals surface area contributed by atoms with Gasteiger partial charge in [0.1, 0.15) is 0 Å². The third kappa shape index (κ3) is 2.65. The summed E-state index contributed by atoms with van der Waals surface area (Å²) in [4.78, 5) is 0. The van der Waals surface area contributed by atoms with Crippen molar-refractivity contribution in [3.8, 4) is 16.9 Å². The van der Waals surface area contributed by atoms with E-state index < -0.39 is 0 Å². The second-order valence-corrected chi connectivity index (χ2v) is 6.15. The quantitative estimate of drug-likeness (QED) is 0.674. The molecule has 1 aliphatic carbocycles. The van der Waals surface area contributed by atoms with E-state index in [1.807, 2.05) is 29.1 Å². The first-order valence-corrected chi connectivity index (χ1v) is 8.29. The van der Waals surface area contributed by atoms with E-state index in [0.29, 0.717) is 0 Å². The molecule has 0 bridgehead atoms. The molecule has 0 unspecified atom stereocenters. The zero-order chi connectivity index (χ0) is 15.6. The van der Waals surface area contributed by atoms with Gasteiger partial charge in [-0.1, -0.05) is 24.6 Å². The van der Waals surface area contributed by atoms with E-state index in [1.54, 1.807) is 0 Å². The number of hydrogen-bond acceptors (Lipinski definition) is 3. The molecule has 0 aliphatic heterocycles. The molecule has 116 valence electrons. The lowest BCUT2D eigenvalue weighted by Gasteiger charge is -2.07. The zero-order valence-corrected chi connectivity index (χ0v) is 13.4. The normalized spacial score (nSPS) is 14.3. The van der Waals surface area contributed by atoms with Crippen LogP contribution in [-0.2, 0) is 12.8 Å². The summed E-state index contributed by atoms with van der Waals surface area (Å²) in [5.74, 6) is 0. The molecule has 0 saturated heterocycles. The number of fused-ring (bicyclic) bond motifs is 1. The lowest BCUT2D eigenvalue weighted by atomic mass is 10.1. The van der Waals surface area contributed by atoms with E-state index in [9.17, 15) is 0 Å². The Bertz CT molecular complexity index is 821. The molecule has 0 atom stereocenters. The molecular formula is C19H20N4. The van der Waals surface area contributed by atoms with E-state index >= 15 is 0 Å². The number of para-hydroxylation sites is 1. The van der Waals surface area contributed by atoms with Crippen LogP contribution in [0.25, 0.3) is 16.9 Å². The molecule has 0 radical (unpaired) electrons. The van der Waals surface area contributed by atoms with Gasteiger partial charge in [0, 0.05) is 5.56 Å². The summed E-state index contributed by atoms with van der Waals surface area (Å²) >= 11 is 0. The van der Waals surface area contributed by atoms with Gasteiger partial charge in [-0.15, -0.1) is 0 Å². The van der Waals surface area contributed by atoms with Crippen LogP contribution in [0, 0.1) is 6.92 Å². The van der Waals surface area contributed by atoms with Gasteiger partial charge < -0.3 is 0 Å². The Balaban J connectivity index is 1.74. The maximum atomic E-state index is 4.54. The maximum Gasteiger partial charge on any atom is 0.0967 e. The highest BCUT2D eigenvalue weighted by molar-refractivity contribution is 5.62. The van der Waals surface area contributed by atoms with Gasteiger partial charge in [-0.25, -0.2) is 4.68 Å². The molecular weight excluding hydrogens is 284 g/mol. The molecule has 4 rings (SSSR count). The fourth-order valence-corrected chi connectivity index (χ4v) is 3.29. The minimum absolute atomic E-state index is 0.935. The fraction of sp³-hybridized carbons (Fsp3) is 0.316. The van der Waals surface area contributed by atoms with Gasteiger partial charge in [0.2, 0.25) is 0 Å². The van der Waals surface area contributed by atoms with Crippen LogP contribution in [0.15, 0.2) is 42.6 Å².